The Balaban J connectivity index is 1.27. The minimum atomic E-state index is -0.751. The first kappa shape index (κ1) is 29.6. The molecule has 3 N–H and O–H groups in total. The van der Waals surface area contributed by atoms with Crippen molar-refractivity contribution < 1.29 is 18.4 Å². The summed E-state index contributed by atoms with van der Waals surface area (Å²) in [5, 5.41) is 7.88. The highest BCUT2D eigenvalue weighted by Crippen LogP contribution is 2.40. The van der Waals surface area contributed by atoms with Gasteiger partial charge in [-0.1, -0.05) is 6.92 Å². The molecule has 2 fully saturated rings. The number of nitrogens with two attached hydrogens (primary N) is 1. The van der Waals surface area contributed by atoms with Crippen LogP contribution in [0, 0.1) is 17.6 Å². The van der Waals surface area contributed by atoms with Crippen molar-refractivity contribution in [2.45, 2.75) is 64.1 Å². The van der Waals surface area contributed by atoms with Crippen LogP contribution in [0.5, 0.6) is 0 Å². The smallest absolute Gasteiger partial charge is 0.229 e. The van der Waals surface area contributed by atoms with Gasteiger partial charge in [0.05, 0.1) is 34.9 Å². The van der Waals surface area contributed by atoms with Gasteiger partial charge in [-0.05, 0) is 72.6 Å². The Morgan fingerprint density at radius 3 is 2.61 bits per heavy atom. The van der Waals surface area contributed by atoms with E-state index in [-0.39, 0.29) is 53.5 Å². The molecule has 230 valence electrons. The lowest BCUT2D eigenvalue weighted by molar-refractivity contribution is -0.131. The molecule has 1 aliphatic heterocycles. The maximum Gasteiger partial charge on any atom is 0.229 e. The third-order valence-electron chi connectivity index (χ3n) is 9.01. The van der Waals surface area contributed by atoms with Crippen LogP contribution in [0.25, 0.3) is 16.8 Å². The molecule has 0 radical (unpaired) electrons. The number of imidazole rings is 1. The number of carbonyl (C=O) groups is 2. The van der Waals surface area contributed by atoms with E-state index in [2.05, 4.69) is 27.3 Å². The van der Waals surface area contributed by atoms with Crippen molar-refractivity contribution >= 4 is 29.0 Å². The first-order valence-corrected chi connectivity index (χ1v) is 14.9. The highest BCUT2D eigenvalue weighted by Gasteiger charge is 2.38. The zero-order valence-electron chi connectivity index (χ0n) is 25.0. The predicted molar refractivity (Wildman–Crippen MR) is 162 cm³/mol. The Kier molecular flexibility index (Phi) is 8.02. The van der Waals surface area contributed by atoms with Crippen molar-refractivity contribution in [3.8, 4) is 11.3 Å². The summed E-state index contributed by atoms with van der Waals surface area (Å²) in [4.78, 5) is 36.2. The standard InChI is InChI=1S/C32H36F2N8O2/c1-18-11-21(14-26(35)31(18)40(3)19(2)43)23-8-9-36-16-28(23)38-32-37-15-22-6-7-27(39-42(22)32)30-24(33)12-20(13-25(30)34)17-41-10-4-5-29(41)44/h6-9,12-13,15-16,18,21,26,31H,4-5,10-11,14,17,35H2,1-3H3,(H,37,38). The summed E-state index contributed by atoms with van der Waals surface area (Å²) in [5.41, 5.74) is 9.25. The maximum atomic E-state index is 15.3. The Labute approximate surface area is 254 Å². The minimum Gasteiger partial charge on any atom is -0.341 e. The zero-order chi connectivity index (χ0) is 31.1. The molecule has 3 aromatic heterocycles. The highest BCUT2D eigenvalue weighted by molar-refractivity contribution is 5.78. The number of nitrogens with zero attached hydrogens (tertiary/aromatic N) is 6. The third-order valence-corrected chi connectivity index (χ3v) is 9.01. The van der Waals surface area contributed by atoms with Crippen molar-refractivity contribution in [1.29, 1.82) is 0 Å². The number of likely N-dealkylation sites (tertiary alicyclic amines) is 1. The first-order valence-electron chi connectivity index (χ1n) is 14.9. The molecular weight excluding hydrogens is 566 g/mol. The molecule has 44 heavy (non-hydrogen) atoms. The monoisotopic (exact) mass is 602 g/mol. The molecular formula is C32H36F2N8O2. The number of benzene rings is 1. The second-order valence-electron chi connectivity index (χ2n) is 12.0. The van der Waals surface area contributed by atoms with E-state index in [4.69, 9.17) is 5.73 Å². The van der Waals surface area contributed by atoms with E-state index in [9.17, 15) is 9.59 Å². The Bertz CT molecular complexity index is 1690. The number of halogens is 2. The number of fused-ring (bicyclic) bond motifs is 1. The van der Waals surface area contributed by atoms with Gasteiger partial charge in [-0.15, -0.1) is 0 Å². The number of hydrogen-bond donors (Lipinski definition) is 2. The molecule has 1 saturated heterocycles. The van der Waals surface area contributed by atoms with E-state index in [0.29, 0.717) is 36.4 Å². The Morgan fingerprint density at radius 2 is 1.93 bits per heavy atom. The molecule has 4 atom stereocenters. The molecule has 1 aliphatic carbocycles. The van der Waals surface area contributed by atoms with Gasteiger partial charge in [-0.3, -0.25) is 14.6 Å². The average Bonchev–Trinajstić information content (AvgIpc) is 3.57. The molecule has 10 nitrogen and oxygen atoms in total. The van der Waals surface area contributed by atoms with Gasteiger partial charge in [0, 0.05) is 51.8 Å². The second-order valence-corrected chi connectivity index (χ2v) is 12.0. The van der Waals surface area contributed by atoms with Crippen LogP contribution >= 0.6 is 0 Å². The van der Waals surface area contributed by atoms with Crippen molar-refractivity contribution in [2.75, 3.05) is 18.9 Å². The van der Waals surface area contributed by atoms with Crippen LogP contribution in [0.4, 0.5) is 20.4 Å². The largest absolute Gasteiger partial charge is 0.341 e. The molecule has 2 amide bonds. The van der Waals surface area contributed by atoms with E-state index >= 15 is 8.78 Å². The average molecular weight is 603 g/mol. The van der Waals surface area contributed by atoms with Gasteiger partial charge in [-0.2, -0.15) is 9.61 Å². The molecule has 4 aromatic rings. The summed E-state index contributed by atoms with van der Waals surface area (Å²) >= 11 is 0. The van der Waals surface area contributed by atoms with Gasteiger partial charge in [0.25, 0.3) is 0 Å². The summed E-state index contributed by atoms with van der Waals surface area (Å²) in [6.45, 7) is 4.43. The number of likely N-dealkylation sites (N-methyl/N-ethyl adjacent to an activating group) is 1. The number of carbonyl (C=O) groups excluding carboxylic acids is 2. The lowest BCUT2D eigenvalue weighted by Crippen LogP contribution is -2.54. The van der Waals surface area contributed by atoms with Gasteiger partial charge in [0.2, 0.25) is 17.8 Å². The summed E-state index contributed by atoms with van der Waals surface area (Å²) in [6.07, 6.45) is 7.81. The van der Waals surface area contributed by atoms with E-state index < -0.39 is 11.6 Å². The van der Waals surface area contributed by atoms with Crippen LogP contribution < -0.4 is 11.1 Å². The van der Waals surface area contributed by atoms with Crippen molar-refractivity contribution in [3.05, 3.63) is 71.7 Å². The van der Waals surface area contributed by atoms with Crippen LogP contribution in [-0.2, 0) is 16.1 Å². The van der Waals surface area contributed by atoms with Gasteiger partial charge in [0.15, 0.2) is 0 Å². The van der Waals surface area contributed by atoms with Crippen LogP contribution in [0.2, 0.25) is 0 Å². The second kappa shape index (κ2) is 11.9. The number of pyridine rings is 1. The van der Waals surface area contributed by atoms with Crippen LogP contribution in [0.1, 0.15) is 56.6 Å². The molecule has 1 aromatic carbocycles. The van der Waals surface area contributed by atoms with Crippen LogP contribution in [-0.4, -0.2) is 66.9 Å². The fraction of sp³-hybridized carbons (Fsp3) is 0.406. The molecule has 6 rings (SSSR count). The summed E-state index contributed by atoms with van der Waals surface area (Å²) < 4.78 is 32.2. The fourth-order valence-electron chi connectivity index (χ4n) is 6.85. The number of hydrogen-bond acceptors (Lipinski definition) is 7. The lowest BCUT2D eigenvalue weighted by atomic mass is 9.73. The van der Waals surface area contributed by atoms with Crippen molar-refractivity contribution in [2.24, 2.45) is 11.7 Å². The SMILES string of the molecule is CC(=O)N(C)C1C(C)CC(c2ccncc2Nc2ncc3ccc(-c4c(F)cc(CN5CCCC5=O)cc4F)nn23)CC1N. The van der Waals surface area contributed by atoms with E-state index in [1.165, 1.54) is 16.6 Å². The highest BCUT2D eigenvalue weighted by atomic mass is 19.1. The molecule has 1 saturated carbocycles. The quantitative estimate of drug-likeness (QED) is 0.317. The van der Waals surface area contributed by atoms with Gasteiger partial charge >= 0.3 is 0 Å². The molecule has 12 heteroatoms. The topological polar surface area (TPSA) is 122 Å². The molecule has 4 heterocycles. The van der Waals surface area contributed by atoms with E-state index in [1.54, 1.807) is 54.5 Å². The Morgan fingerprint density at radius 1 is 1.16 bits per heavy atom. The number of nitrogens with one attached hydrogen (secondary N) is 1. The molecule has 4 unspecified atom stereocenters. The van der Waals surface area contributed by atoms with Crippen LogP contribution in [0.15, 0.2) is 48.9 Å². The van der Waals surface area contributed by atoms with E-state index in [0.717, 1.165) is 24.1 Å². The maximum absolute atomic E-state index is 15.3. The van der Waals surface area contributed by atoms with Crippen molar-refractivity contribution in [1.82, 2.24) is 29.4 Å². The minimum absolute atomic E-state index is 0.00524. The van der Waals surface area contributed by atoms with Crippen molar-refractivity contribution in [3.63, 3.8) is 0 Å². The molecule has 0 bridgehead atoms. The first-order chi connectivity index (χ1) is 21.1. The van der Waals surface area contributed by atoms with Gasteiger partial charge in [0.1, 0.15) is 11.6 Å². The van der Waals surface area contributed by atoms with Gasteiger partial charge in [-0.25, -0.2) is 13.8 Å². The summed E-state index contributed by atoms with van der Waals surface area (Å²) in [5.74, 6) is -0.850. The third kappa shape index (κ3) is 5.61. The number of amides is 2. The van der Waals surface area contributed by atoms with Crippen LogP contribution in [0.3, 0.4) is 0 Å². The zero-order valence-corrected chi connectivity index (χ0v) is 25.0. The number of anilines is 2. The number of rotatable bonds is 7. The Hall–Kier alpha value is -4.45. The summed E-state index contributed by atoms with van der Waals surface area (Å²) in [7, 11) is 1.80. The lowest BCUT2D eigenvalue weighted by Gasteiger charge is -2.43. The van der Waals surface area contributed by atoms with E-state index in [1.807, 2.05) is 6.07 Å². The normalized spacial score (nSPS) is 22.0. The predicted octanol–water partition coefficient (Wildman–Crippen LogP) is 4.62. The summed E-state index contributed by atoms with van der Waals surface area (Å²) in [6, 6.07) is 7.51. The molecule has 2 aliphatic rings. The van der Waals surface area contributed by atoms with Gasteiger partial charge < -0.3 is 20.9 Å². The molecule has 0 spiro atoms. The fourth-order valence-corrected chi connectivity index (χ4v) is 6.85. The number of aromatic nitrogens is 4.